The highest BCUT2D eigenvalue weighted by Gasteiger charge is 2.34. The fourth-order valence-electron chi connectivity index (χ4n) is 2.31. The van der Waals surface area contributed by atoms with Crippen molar-refractivity contribution in [1.29, 1.82) is 0 Å². The maximum Gasteiger partial charge on any atom is 0.416 e. The van der Waals surface area contributed by atoms with Gasteiger partial charge in [0.2, 0.25) is 10.0 Å². The minimum Gasteiger partial charge on any atom is -0.481 e. The molecule has 0 bridgehead atoms. The van der Waals surface area contributed by atoms with Crippen LogP contribution in [-0.2, 0) is 21.0 Å². The van der Waals surface area contributed by atoms with E-state index in [9.17, 15) is 26.4 Å². The monoisotopic (exact) mass is 337 g/mol. The van der Waals surface area contributed by atoms with Crippen LogP contribution in [0.1, 0.15) is 18.4 Å². The number of nitrogens with zero attached hydrogens (tertiary/aromatic N) is 1. The van der Waals surface area contributed by atoms with E-state index in [2.05, 4.69) is 0 Å². The van der Waals surface area contributed by atoms with Crippen molar-refractivity contribution >= 4 is 16.0 Å². The highest BCUT2D eigenvalue weighted by Crippen LogP contribution is 2.31. The van der Waals surface area contributed by atoms with Crippen molar-refractivity contribution in [2.45, 2.75) is 23.9 Å². The first kappa shape index (κ1) is 16.8. The maximum absolute atomic E-state index is 12.5. The average molecular weight is 337 g/mol. The van der Waals surface area contributed by atoms with Crippen LogP contribution in [0.4, 0.5) is 13.2 Å². The number of aliphatic carboxylic acids is 1. The zero-order valence-corrected chi connectivity index (χ0v) is 12.2. The number of carboxylic acids is 1. The van der Waals surface area contributed by atoms with Gasteiger partial charge in [0.15, 0.2) is 0 Å². The largest absolute Gasteiger partial charge is 0.481 e. The number of alkyl halides is 3. The molecule has 0 atom stereocenters. The van der Waals surface area contributed by atoms with E-state index in [1.807, 2.05) is 0 Å². The Morgan fingerprint density at radius 2 is 1.64 bits per heavy atom. The number of carboxylic acid groups (broad SMARTS) is 1. The molecule has 1 heterocycles. The highest BCUT2D eigenvalue weighted by molar-refractivity contribution is 7.89. The maximum atomic E-state index is 12.5. The quantitative estimate of drug-likeness (QED) is 0.917. The highest BCUT2D eigenvalue weighted by atomic mass is 32.2. The molecule has 0 saturated carbocycles. The first-order valence-electron chi connectivity index (χ1n) is 6.52. The van der Waals surface area contributed by atoms with Gasteiger partial charge in [-0.3, -0.25) is 4.79 Å². The minimum atomic E-state index is -4.53. The number of sulfonamides is 1. The molecule has 1 fully saturated rings. The Bertz CT molecular complexity index is 647. The summed E-state index contributed by atoms with van der Waals surface area (Å²) >= 11 is 0. The van der Waals surface area contributed by atoms with Crippen molar-refractivity contribution in [3.8, 4) is 0 Å². The average Bonchev–Trinajstić information content (AvgIpc) is 2.46. The minimum absolute atomic E-state index is 0.0420. The van der Waals surface area contributed by atoms with Crippen LogP contribution in [0.2, 0.25) is 0 Å². The van der Waals surface area contributed by atoms with Gasteiger partial charge in [-0.05, 0) is 37.1 Å². The number of halogens is 3. The summed E-state index contributed by atoms with van der Waals surface area (Å²) in [5, 5.41) is 8.88. The summed E-state index contributed by atoms with van der Waals surface area (Å²) in [6, 6.07) is 3.27. The number of carbonyl (C=O) groups is 1. The second kappa shape index (κ2) is 5.88. The SMILES string of the molecule is O=C(O)C1CCN(S(=O)(=O)c2ccc(C(F)(F)F)cc2)CC1. The predicted molar refractivity (Wildman–Crippen MR) is 70.6 cm³/mol. The van der Waals surface area contributed by atoms with E-state index in [0.29, 0.717) is 0 Å². The van der Waals surface area contributed by atoms with Gasteiger partial charge in [-0.15, -0.1) is 0 Å². The second-order valence-electron chi connectivity index (χ2n) is 5.04. The zero-order valence-electron chi connectivity index (χ0n) is 11.4. The normalized spacial score (nSPS) is 18.3. The van der Waals surface area contributed by atoms with E-state index in [4.69, 9.17) is 5.11 Å². The molecule has 1 saturated heterocycles. The third-order valence-electron chi connectivity index (χ3n) is 3.62. The number of hydrogen-bond acceptors (Lipinski definition) is 3. The molecule has 0 aliphatic carbocycles. The van der Waals surface area contributed by atoms with E-state index < -0.39 is 33.7 Å². The van der Waals surface area contributed by atoms with Crippen LogP contribution in [0.5, 0.6) is 0 Å². The molecule has 1 aliphatic heterocycles. The third-order valence-corrected chi connectivity index (χ3v) is 5.54. The zero-order chi connectivity index (χ0) is 16.5. The molecule has 0 unspecified atom stereocenters. The lowest BCUT2D eigenvalue weighted by Gasteiger charge is -2.29. The second-order valence-corrected chi connectivity index (χ2v) is 6.98. The molecule has 1 aromatic rings. The van der Waals surface area contributed by atoms with Gasteiger partial charge in [-0.25, -0.2) is 8.42 Å². The van der Waals surface area contributed by atoms with Crippen molar-refractivity contribution < 1.29 is 31.5 Å². The summed E-state index contributed by atoms with van der Waals surface area (Å²) in [6.07, 6.45) is -4.15. The van der Waals surface area contributed by atoms with Crippen LogP contribution in [0.25, 0.3) is 0 Å². The predicted octanol–water partition coefficient (Wildman–Crippen LogP) is 2.19. The van der Waals surface area contributed by atoms with Crippen molar-refractivity contribution in [2.24, 2.45) is 5.92 Å². The number of piperidine rings is 1. The van der Waals surface area contributed by atoms with Crippen molar-refractivity contribution in [1.82, 2.24) is 4.31 Å². The summed E-state index contributed by atoms with van der Waals surface area (Å²) in [6.45, 7) is 0.0840. The van der Waals surface area contributed by atoms with E-state index in [0.717, 1.165) is 28.6 Å². The first-order chi connectivity index (χ1) is 10.1. The van der Waals surface area contributed by atoms with Gasteiger partial charge in [0.1, 0.15) is 0 Å². The van der Waals surface area contributed by atoms with E-state index in [-0.39, 0.29) is 30.8 Å². The Morgan fingerprint density at radius 3 is 2.05 bits per heavy atom. The van der Waals surface area contributed by atoms with Gasteiger partial charge < -0.3 is 5.11 Å². The van der Waals surface area contributed by atoms with E-state index in [1.165, 1.54) is 0 Å². The molecular formula is C13H14F3NO4S. The summed E-state index contributed by atoms with van der Waals surface area (Å²) in [5.74, 6) is -1.55. The number of rotatable bonds is 3. The molecule has 0 amide bonds. The molecule has 1 aliphatic rings. The van der Waals surface area contributed by atoms with Crippen molar-refractivity contribution in [3.05, 3.63) is 29.8 Å². The fourth-order valence-corrected chi connectivity index (χ4v) is 3.78. The van der Waals surface area contributed by atoms with Crippen molar-refractivity contribution in [3.63, 3.8) is 0 Å². The van der Waals surface area contributed by atoms with E-state index >= 15 is 0 Å². The smallest absolute Gasteiger partial charge is 0.416 e. The van der Waals surface area contributed by atoms with Crippen LogP contribution in [0.3, 0.4) is 0 Å². The van der Waals surface area contributed by atoms with Gasteiger partial charge in [0.25, 0.3) is 0 Å². The molecule has 0 radical (unpaired) electrons. The Kier molecular flexibility index (Phi) is 4.48. The van der Waals surface area contributed by atoms with E-state index in [1.54, 1.807) is 0 Å². The number of benzene rings is 1. The summed E-state index contributed by atoms with van der Waals surface area (Å²) in [5.41, 5.74) is -0.920. The van der Waals surface area contributed by atoms with Crippen LogP contribution in [0, 0.1) is 5.92 Å². The number of hydrogen-bond donors (Lipinski definition) is 1. The topological polar surface area (TPSA) is 74.7 Å². The molecule has 22 heavy (non-hydrogen) atoms. The standard InChI is InChI=1S/C13H14F3NO4S/c14-13(15,16)10-1-3-11(4-2-10)22(20,21)17-7-5-9(6-8-17)12(18)19/h1-4,9H,5-8H2,(H,18,19). The van der Waals surface area contributed by atoms with Gasteiger partial charge in [-0.2, -0.15) is 17.5 Å². The van der Waals surface area contributed by atoms with Gasteiger partial charge in [-0.1, -0.05) is 0 Å². The molecule has 5 nitrogen and oxygen atoms in total. The molecule has 122 valence electrons. The fraction of sp³-hybridized carbons (Fsp3) is 0.462. The molecule has 2 rings (SSSR count). The molecule has 0 aromatic heterocycles. The van der Waals surface area contributed by atoms with Crippen LogP contribution >= 0.6 is 0 Å². The molecular weight excluding hydrogens is 323 g/mol. The molecule has 0 spiro atoms. The Morgan fingerprint density at radius 1 is 1.14 bits per heavy atom. The summed E-state index contributed by atoms with van der Waals surface area (Å²) in [7, 11) is -3.90. The van der Waals surface area contributed by atoms with Crippen LogP contribution < -0.4 is 0 Å². The van der Waals surface area contributed by atoms with Gasteiger partial charge >= 0.3 is 12.1 Å². The van der Waals surface area contributed by atoms with Gasteiger partial charge in [0, 0.05) is 13.1 Å². The van der Waals surface area contributed by atoms with Crippen LogP contribution in [-0.4, -0.2) is 36.9 Å². The summed E-state index contributed by atoms with van der Waals surface area (Å²) in [4.78, 5) is 10.6. The van der Waals surface area contributed by atoms with Gasteiger partial charge in [0.05, 0.1) is 16.4 Å². The Hall–Kier alpha value is -1.61. The lowest BCUT2D eigenvalue weighted by atomic mass is 9.99. The van der Waals surface area contributed by atoms with Crippen LogP contribution in [0.15, 0.2) is 29.2 Å². The van der Waals surface area contributed by atoms with Crippen molar-refractivity contribution in [2.75, 3.05) is 13.1 Å². The molecule has 1 aromatic carbocycles. The summed E-state index contributed by atoms with van der Waals surface area (Å²) < 4.78 is 63.2. The third kappa shape index (κ3) is 3.41. The first-order valence-corrected chi connectivity index (χ1v) is 7.96. The lowest BCUT2D eigenvalue weighted by Crippen LogP contribution is -2.40. The Labute approximate surface area is 125 Å². The molecule has 1 N–H and O–H groups in total. The molecule has 9 heteroatoms. The lowest BCUT2D eigenvalue weighted by molar-refractivity contribution is -0.143. The Balaban J connectivity index is 2.16.